The Morgan fingerprint density at radius 2 is 1.79 bits per heavy atom. The van der Waals surface area contributed by atoms with E-state index in [1.807, 2.05) is 50.2 Å². The molecular formula is C18H15ClN4O. The summed E-state index contributed by atoms with van der Waals surface area (Å²) in [6.45, 7) is 3.75. The van der Waals surface area contributed by atoms with E-state index < -0.39 is 6.04 Å². The number of benzene rings is 2. The van der Waals surface area contributed by atoms with Gasteiger partial charge in [-0.2, -0.15) is 0 Å². The van der Waals surface area contributed by atoms with Gasteiger partial charge in [0.25, 0.3) is 5.91 Å². The van der Waals surface area contributed by atoms with E-state index in [0.717, 1.165) is 28.3 Å². The molecule has 2 heterocycles. The van der Waals surface area contributed by atoms with Crippen molar-refractivity contribution < 1.29 is 4.79 Å². The van der Waals surface area contributed by atoms with E-state index in [1.54, 1.807) is 21.7 Å². The van der Waals surface area contributed by atoms with E-state index in [2.05, 4.69) is 10.3 Å². The van der Waals surface area contributed by atoms with Gasteiger partial charge in [0, 0.05) is 16.3 Å². The lowest BCUT2D eigenvalue weighted by Gasteiger charge is -2.24. The number of carbonyl (C=O) groups excluding carboxylic acids is 1. The van der Waals surface area contributed by atoms with E-state index in [0.29, 0.717) is 5.02 Å². The van der Waals surface area contributed by atoms with Gasteiger partial charge in [-0.15, -0.1) is 5.10 Å². The number of rotatable bonds is 1. The highest BCUT2D eigenvalue weighted by Gasteiger charge is 2.34. The number of anilines is 2. The number of aromatic nitrogens is 3. The lowest BCUT2D eigenvalue weighted by atomic mass is 10.1. The molecule has 0 saturated heterocycles. The molecule has 24 heavy (non-hydrogen) atoms. The molecule has 6 heteroatoms. The van der Waals surface area contributed by atoms with Crippen molar-refractivity contribution in [1.82, 2.24) is 15.0 Å². The Labute approximate surface area is 144 Å². The molecule has 0 spiro atoms. The van der Waals surface area contributed by atoms with Crippen LogP contribution < -0.4 is 4.90 Å². The predicted molar refractivity (Wildman–Crippen MR) is 93.5 cm³/mol. The molecule has 4 rings (SSSR count). The first-order valence-corrected chi connectivity index (χ1v) is 8.06. The highest BCUT2D eigenvalue weighted by molar-refractivity contribution is 6.30. The van der Waals surface area contributed by atoms with Gasteiger partial charge in [0.15, 0.2) is 0 Å². The second-order valence-corrected chi connectivity index (χ2v) is 6.25. The molecule has 2 aromatic carbocycles. The maximum absolute atomic E-state index is 13.2. The van der Waals surface area contributed by atoms with Crippen molar-refractivity contribution in [3.8, 4) is 11.3 Å². The van der Waals surface area contributed by atoms with Crippen LogP contribution in [-0.2, 0) is 4.79 Å². The van der Waals surface area contributed by atoms with Crippen LogP contribution in [-0.4, -0.2) is 20.9 Å². The fraction of sp³-hybridized carbons (Fsp3) is 0.167. The average Bonchev–Trinajstić information content (AvgIpc) is 2.94. The molecule has 0 radical (unpaired) electrons. The number of aryl methyl sites for hydroxylation is 1. The van der Waals surface area contributed by atoms with Gasteiger partial charge in [0.05, 0.1) is 17.1 Å². The summed E-state index contributed by atoms with van der Waals surface area (Å²) >= 11 is 6.00. The van der Waals surface area contributed by atoms with Crippen molar-refractivity contribution in [2.75, 3.05) is 4.90 Å². The van der Waals surface area contributed by atoms with Gasteiger partial charge in [0.2, 0.25) is 0 Å². The van der Waals surface area contributed by atoms with Gasteiger partial charge in [-0.1, -0.05) is 35.0 Å². The third-order valence-corrected chi connectivity index (χ3v) is 4.54. The van der Waals surface area contributed by atoms with Crippen LogP contribution in [0.5, 0.6) is 0 Å². The number of nitrogens with zero attached hydrogens (tertiary/aromatic N) is 4. The molecular weight excluding hydrogens is 324 g/mol. The topological polar surface area (TPSA) is 51.0 Å². The molecule has 1 aromatic heterocycles. The molecule has 0 aliphatic carbocycles. The average molecular weight is 339 g/mol. The number of hydrogen-bond donors (Lipinski definition) is 0. The summed E-state index contributed by atoms with van der Waals surface area (Å²) < 4.78 is 1.70. The SMILES string of the molecule is Cc1nnn2c1-c1ccccc1N(c1ccc(Cl)cc1)C(=O)[C@@H]2C. The van der Waals surface area contributed by atoms with Crippen molar-refractivity contribution in [1.29, 1.82) is 0 Å². The van der Waals surface area contributed by atoms with E-state index in [-0.39, 0.29) is 5.91 Å². The minimum atomic E-state index is -0.454. The van der Waals surface area contributed by atoms with Crippen LogP contribution in [0, 0.1) is 6.92 Å². The van der Waals surface area contributed by atoms with Crippen molar-refractivity contribution in [2.24, 2.45) is 0 Å². The Hall–Kier alpha value is -2.66. The quantitative estimate of drug-likeness (QED) is 0.670. The van der Waals surface area contributed by atoms with Gasteiger partial charge in [-0.25, -0.2) is 4.68 Å². The second-order valence-electron chi connectivity index (χ2n) is 5.81. The summed E-state index contributed by atoms with van der Waals surface area (Å²) in [7, 11) is 0. The first-order valence-electron chi connectivity index (χ1n) is 7.68. The summed E-state index contributed by atoms with van der Waals surface area (Å²) in [5.74, 6) is -0.0616. The number of hydrogen-bond acceptors (Lipinski definition) is 3. The minimum Gasteiger partial charge on any atom is -0.279 e. The number of carbonyl (C=O) groups is 1. The maximum atomic E-state index is 13.2. The summed E-state index contributed by atoms with van der Waals surface area (Å²) in [5.41, 5.74) is 4.22. The molecule has 0 fully saturated rings. The van der Waals surface area contributed by atoms with E-state index in [9.17, 15) is 4.79 Å². The van der Waals surface area contributed by atoms with Gasteiger partial charge in [0.1, 0.15) is 6.04 Å². The Morgan fingerprint density at radius 1 is 1.08 bits per heavy atom. The Balaban J connectivity index is 2.00. The van der Waals surface area contributed by atoms with Crippen LogP contribution in [0.4, 0.5) is 11.4 Å². The summed E-state index contributed by atoms with van der Waals surface area (Å²) in [5, 5.41) is 8.98. The first-order chi connectivity index (χ1) is 11.6. The van der Waals surface area contributed by atoms with Gasteiger partial charge in [-0.05, 0) is 44.2 Å². The third-order valence-electron chi connectivity index (χ3n) is 4.29. The van der Waals surface area contributed by atoms with Crippen LogP contribution in [0.15, 0.2) is 48.5 Å². The summed E-state index contributed by atoms with van der Waals surface area (Å²) in [4.78, 5) is 14.9. The highest BCUT2D eigenvalue weighted by atomic mass is 35.5. The fourth-order valence-corrected chi connectivity index (χ4v) is 3.22. The number of fused-ring (bicyclic) bond motifs is 3. The normalized spacial score (nSPS) is 16.5. The van der Waals surface area contributed by atoms with E-state index in [4.69, 9.17) is 11.6 Å². The van der Waals surface area contributed by atoms with E-state index in [1.165, 1.54) is 0 Å². The lowest BCUT2D eigenvalue weighted by Crippen LogP contribution is -2.31. The highest BCUT2D eigenvalue weighted by Crippen LogP contribution is 2.41. The van der Waals surface area contributed by atoms with Crippen molar-refractivity contribution >= 4 is 28.9 Å². The molecule has 0 N–H and O–H groups in total. The van der Waals surface area contributed by atoms with Crippen LogP contribution in [0.1, 0.15) is 18.7 Å². The molecule has 0 bridgehead atoms. The summed E-state index contributed by atoms with van der Waals surface area (Å²) in [6.07, 6.45) is 0. The standard InChI is InChI=1S/C18H15ClN4O/c1-11-17-15-5-3-4-6-16(15)22(14-9-7-13(19)8-10-14)18(24)12(2)23(17)21-20-11/h3-10,12H,1-2H3/t12-/m0/s1. The van der Waals surface area contributed by atoms with Crippen LogP contribution in [0.2, 0.25) is 5.02 Å². The molecule has 1 atom stereocenters. The fourth-order valence-electron chi connectivity index (χ4n) is 3.10. The van der Waals surface area contributed by atoms with Gasteiger partial charge < -0.3 is 0 Å². The maximum Gasteiger partial charge on any atom is 0.256 e. The first kappa shape index (κ1) is 14.9. The largest absolute Gasteiger partial charge is 0.279 e. The molecule has 3 aromatic rings. The minimum absolute atomic E-state index is 0.0616. The molecule has 5 nitrogen and oxygen atoms in total. The molecule has 1 amide bonds. The van der Waals surface area contributed by atoms with E-state index >= 15 is 0 Å². The van der Waals surface area contributed by atoms with Gasteiger partial charge >= 0.3 is 0 Å². The number of amides is 1. The number of halogens is 1. The smallest absolute Gasteiger partial charge is 0.256 e. The third kappa shape index (κ3) is 2.12. The zero-order valence-corrected chi connectivity index (χ0v) is 14.0. The lowest BCUT2D eigenvalue weighted by molar-refractivity contribution is -0.120. The van der Waals surface area contributed by atoms with Crippen LogP contribution in [0.25, 0.3) is 11.3 Å². The van der Waals surface area contributed by atoms with Crippen LogP contribution in [0.3, 0.4) is 0 Å². The van der Waals surface area contributed by atoms with Gasteiger partial charge in [-0.3, -0.25) is 9.69 Å². The number of para-hydroxylation sites is 1. The van der Waals surface area contributed by atoms with Crippen LogP contribution >= 0.6 is 11.6 Å². The van der Waals surface area contributed by atoms with Crippen molar-refractivity contribution in [3.63, 3.8) is 0 Å². The Kier molecular flexibility index (Phi) is 3.39. The second kappa shape index (κ2) is 5.46. The summed E-state index contributed by atoms with van der Waals surface area (Å²) in [6, 6.07) is 14.6. The Morgan fingerprint density at radius 3 is 2.54 bits per heavy atom. The molecule has 0 saturated carbocycles. The molecule has 1 aliphatic heterocycles. The van der Waals surface area contributed by atoms with Crippen molar-refractivity contribution in [3.05, 3.63) is 59.2 Å². The molecule has 0 unspecified atom stereocenters. The van der Waals surface area contributed by atoms with Crippen molar-refractivity contribution in [2.45, 2.75) is 19.9 Å². The molecule has 1 aliphatic rings. The predicted octanol–water partition coefficient (Wildman–Crippen LogP) is 4.15. The zero-order chi connectivity index (χ0) is 16.8. The monoisotopic (exact) mass is 338 g/mol. The zero-order valence-electron chi connectivity index (χ0n) is 13.3. The Bertz CT molecular complexity index is 932. The molecule has 120 valence electrons.